The average Bonchev–Trinajstić information content (AvgIpc) is 3.33. The molecule has 4 N–H and O–H groups in total. The third-order valence-corrected chi connectivity index (χ3v) is 7.01. The normalized spacial score (nSPS) is 16.7. The van der Waals surface area contributed by atoms with E-state index < -0.39 is 11.1 Å². The number of benzene rings is 2. The van der Waals surface area contributed by atoms with E-state index in [0.29, 0.717) is 29.4 Å². The molecule has 5 rings (SSSR count). The average molecular weight is 515 g/mol. The molecule has 0 spiro atoms. The lowest BCUT2D eigenvalue weighted by Crippen LogP contribution is -2.45. The van der Waals surface area contributed by atoms with Gasteiger partial charge in [-0.2, -0.15) is 0 Å². The molecule has 0 bridgehead atoms. The standard InChI is InChI=1S/C27H26N6O3S/c1-2-18-14-29-27(32-26(18)23-15-28-24-8-4-3-7-22(23)24)31-20-6-5-13-33(16-20)17-25(34)30-19-9-11-21(12-10-19)37(35)36/h1,3-4,7-12,14-15,20,28H,5-6,13,16-17H2,(H,30,34)(H,35,36)(H,29,31,32). The number of carbonyl (C=O) groups is 1. The molecule has 1 amide bonds. The Morgan fingerprint density at radius 2 is 2.05 bits per heavy atom. The molecular weight excluding hydrogens is 488 g/mol. The summed E-state index contributed by atoms with van der Waals surface area (Å²) in [6, 6.07) is 14.3. The number of carbonyl (C=O) groups excluding carboxylic acids is 1. The van der Waals surface area contributed by atoms with Gasteiger partial charge in [-0.3, -0.25) is 9.69 Å². The minimum Gasteiger partial charge on any atom is -0.360 e. The van der Waals surface area contributed by atoms with E-state index in [9.17, 15) is 9.00 Å². The molecule has 37 heavy (non-hydrogen) atoms. The van der Waals surface area contributed by atoms with E-state index in [-0.39, 0.29) is 23.4 Å². The highest BCUT2D eigenvalue weighted by atomic mass is 32.2. The predicted molar refractivity (Wildman–Crippen MR) is 144 cm³/mol. The maximum absolute atomic E-state index is 12.6. The Hall–Kier alpha value is -4.04. The summed E-state index contributed by atoms with van der Waals surface area (Å²) in [6.07, 6.45) is 11.2. The number of amides is 1. The molecule has 3 heterocycles. The largest absolute Gasteiger partial charge is 0.360 e. The summed E-state index contributed by atoms with van der Waals surface area (Å²) in [4.78, 5) is 27.4. The summed E-state index contributed by atoms with van der Waals surface area (Å²) in [5, 5.41) is 7.31. The van der Waals surface area contributed by atoms with Crippen molar-refractivity contribution >= 4 is 39.5 Å². The number of anilines is 2. The minimum absolute atomic E-state index is 0.0767. The highest BCUT2D eigenvalue weighted by molar-refractivity contribution is 7.79. The van der Waals surface area contributed by atoms with E-state index in [1.165, 1.54) is 12.1 Å². The summed E-state index contributed by atoms with van der Waals surface area (Å²) >= 11 is -2.04. The molecule has 10 heteroatoms. The molecule has 2 unspecified atom stereocenters. The van der Waals surface area contributed by atoms with E-state index in [2.05, 4.69) is 31.4 Å². The van der Waals surface area contributed by atoms with E-state index in [4.69, 9.17) is 16.0 Å². The number of rotatable bonds is 7. The van der Waals surface area contributed by atoms with Crippen molar-refractivity contribution in [2.75, 3.05) is 30.3 Å². The van der Waals surface area contributed by atoms with Gasteiger partial charge in [-0.1, -0.05) is 24.1 Å². The predicted octanol–water partition coefficient (Wildman–Crippen LogP) is 3.70. The summed E-state index contributed by atoms with van der Waals surface area (Å²) < 4.78 is 20.2. The van der Waals surface area contributed by atoms with Gasteiger partial charge in [-0.25, -0.2) is 14.2 Å². The quantitative estimate of drug-likeness (QED) is 0.219. The van der Waals surface area contributed by atoms with Gasteiger partial charge < -0.3 is 20.2 Å². The minimum atomic E-state index is -2.04. The monoisotopic (exact) mass is 514 g/mol. The molecule has 9 nitrogen and oxygen atoms in total. The molecule has 188 valence electrons. The Morgan fingerprint density at radius 3 is 2.84 bits per heavy atom. The second kappa shape index (κ2) is 10.9. The number of piperidine rings is 1. The second-order valence-corrected chi connectivity index (χ2v) is 9.86. The van der Waals surface area contributed by atoms with Gasteiger partial charge in [0.25, 0.3) is 0 Å². The van der Waals surface area contributed by atoms with Crippen LogP contribution in [0.2, 0.25) is 0 Å². The Balaban J connectivity index is 1.24. The number of terminal acetylenes is 1. The summed E-state index contributed by atoms with van der Waals surface area (Å²) in [5.74, 6) is 3.04. The first kappa shape index (κ1) is 24.6. The van der Waals surface area contributed by atoms with E-state index in [1.54, 1.807) is 18.3 Å². The van der Waals surface area contributed by atoms with E-state index in [1.807, 2.05) is 30.5 Å². The number of likely N-dealkylation sites (tertiary alicyclic amines) is 1. The zero-order valence-corrected chi connectivity index (χ0v) is 20.8. The van der Waals surface area contributed by atoms with Gasteiger partial charge in [0.05, 0.1) is 22.7 Å². The fourth-order valence-corrected chi connectivity index (χ4v) is 4.96. The smallest absolute Gasteiger partial charge is 0.238 e. The van der Waals surface area contributed by atoms with Crippen LogP contribution in [0, 0.1) is 12.3 Å². The maximum atomic E-state index is 12.6. The van der Waals surface area contributed by atoms with Gasteiger partial charge in [0.15, 0.2) is 11.1 Å². The number of aromatic amines is 1. The van der Waals surface area contributed by atoms with Crippen LogP contribution in [0.1, 0.15) is 18.4 Å². The molecule has 0 saturated carbocycles. The number of para-hydroxylation sites is 1. The van der Waals surface area contributed by atoms with Crippen molar-refractivity contribution in [2.24, 2.45) is 0 Å². The van der Waals surface area contributed by atoms with Gasteiger partial charge in [0.2, 0.25) is 11.9 Å². The Kier molecular flexibility index (Phi) is 7.28. The summed E-state index contributed by atoms with van der Waals surface area (Å²) in [5.41, 5.74) is 3.83. The number of hydrogen-bond acceptors (Lipinski definition) is 6. The van der Waals surface area contributed by atoms with Gasteiger partial charge in [0.1, 0.15) is 0 Å². The van der Waals surface area contributed by atoms with Crippen LogP contribution in [-0.4, -0.2) is 60.2 Å². The molecule has 0 aliphatic carbocycles. The molecule has 0 radical (unpaired) electrons. The maximum Gasteiger partial charge on any atom is 0.238 e. The first-order valence-electron chi connectivity index (χ1n) is 11.9. The number of hydrogen-bond donors (Lipinski definition) is 4. The van der Waals surface area contributed by atoms with Gasteiger partial charge in [-0.15, -0.1) is 6.42 Å². The molecule has 1 saturated heterocycles. The number of aromatic nitrogens is 3. The van der Waals surface area contributed by atoms with Gasteiger partial charge in [-0.05, 0) is 49.7 Å². The molecular formula is C27H26N6O3S. The van der Waals surface area contributed by atoms with Crippen molar-refractivity contribution in [1.29, 1.82) is 0 Å². The first-order chi connectivity index (χ1) is 18.0. The summed E-state index contributed by atoms with van der Waals surface area (Å²) in [6.45, 7) is 1.72. The van der Waals surface area contributed by atoms with Gasteiger partial charge >= 0.3 is 0 Å². The molecule has 2 atom stereocenters. The first-order valence-corrected chi connectivity index (χ1v) is 13.0. The van der Waals surface area contributed by atoms with Crippen molar-refractivity contribution in [3.63, 3.8) is 0 Å². The molecule has 2 aromatic heterocycles. The number of H-pyrrole nitrogens is 1. The lowest BCUT2D eigenvalue weighted by atomic mass is 10.1. The van der Waals surface area contributed by atoms with Crippen molar-refractivity contribution in [2.45, 2.75) is 23.8 Å². The highest BCUT2D eigenvalue weighted by Gasteiger charge is 2.23. The zero-order valence-electron chi connectivity index (χ0n) is 20.0. The summed E-state index contributed by atoms with van der Waals surface area (Å²) in [7, 11) is 0. The fraction of sp³-hybridized carbons (Fsp3) is 0.222. The third-order valence-electron chi connectivity index (χ3n) is 6.33. The molecule has 1 aliphatic rings. The van der Waals surface area contributed by atoms with Crippen LogP contribution in [0.15, 0.2) is 65.8 Å². The van der Waals surface area contributed by atoms with Crippen molar-refractivity contribution in [1.82, 2.24) is 19.9 Å². The SMILES string of the molecule is C#Cc1cnc(NC2CCCN(CC(=O)Nc3ccc(S(=O)O)cc3)C2)nc1-c1c[nH]c2ccccc12. The topological polar surface area (TPSA) is 123 Å². The van der Waals surface area contributed by atoms with Crippen LogP contribution in [0.25, 0.3) is 22.2 Å². The van der Waals surface area contributed by atoms with Crippen LogP contribution in [0.4, 0.5) is 11.6 Å². The van der Waals surface area contributed by atoms with Crippen LogP contribution >= 0.6 is 0 Å². The molecule has 1 aliphatic heterocycles. The zero-order chi connectivity index (χ0) is 25.8. The number of fused-ring (bicyclic) bond motifs is 1. The van der Waals surface area contributed by atoms with E-state index >= 15 is 0 Å². The number of nitrogens with one attached hydrogen (secondary N) is 3. The van der Waals surface area contributed by atoms with Crippen LogP contribution in [-0.2, 0) is 15.9 Å². The molecule has 2 aromatic carbocycles. The second-order valence-electron chi connectivity index (χ2n) is 8.89. The molecule has 1 fully saturated rings. The number of nitrogens with zero attached hydrogens (tertiary/aromatic N) is 3. The van der Waals surface area contributed by atoms with Gasteiger partial charge in [0, 0.05) is 47.1 Å². The van der Waals surface area contributed by atoms with Crippen LogP contribution in [0.5, 0.6) is 0 Å². The third kappa shape index (κ3) is 5.70. The lowest BCUT2D eigenvalue weighted by molar-refractivity contribution is -0.117. The van der Waals surface area contributed by atoms with Crippen molar-refractivity contribution < 1.29 is 13.6 Å². The Bertz CT molecular complexity index is 1490. The highest BCUT2D eigenvalue weighted by Crippen LogP contribution is 2.30. The van der Waals surface area contributed by atoms with Crippen molar-refractivity contribution in [3.05, 3.63) is 66.5 Å². The van der Waals surface area contributed by atoms with Crippen molar-refractivity contribution in [3.8, 4) is 23.6 Å². The Labute approximate surface area is 217 Å². The fourth-order valence-electron chi connectivity index (χ4n) is 4.59. The van der Waals surface area contributed by atoms with Crippen LogP contribution < -0.4 is 10.6 Å². The molecule has 4 aromatic rings. The van der Waals surface area contributed by atoms with Crippen LogP contribution in [0.3, 0.4) is 0 Å². The van der Waals surface area contributed by atoms with E-state index in [0.717, 1.165) is 35.9 Å². The lowest BCUT2D eigenvalue weighted by Gasteiger charge is -2.32. The Morgan fingerprint density at radius 1 is 1.24 bits per heavy atom.